The topological polar surface area (TPSA) is 45.0 Å². The number of aromatic nitrogens is 2. The SMILES string of the molecule is c1cc(N2CCOCC2)n2cc(C3CNCCN3CC3CC3)nc2c1. The molecule has 1 atom stereocenters. The van der Waals surface area contributed by atoms with Gasteiger partial charge < -0.3 is 15.0 Å². The molecule has 2 aliphatic heterocycles. The van der Waals surface area contributed by atoms with Crippen LogP contribution in [0, 0.1) is 5.92 Å². The summed E-state index contributed by atoms with van der Waals surface area (Å²) in [5, 5.41) is 3.56. The van der Waals surface area contributed by atoms with Gasteiger partial charge in [0.1, 0.15) is 11.5 Å². The average Bonchev–Trinajstić information content (AvgIpc) is 3.37. The second-order valence-corrected chi connectivity index (χ2v) is 7.54. The Morgan fingerprint density at radius 2 is 2.04 bits per heavy atom. The second kappa shape index (κ2) is 6.59. The Morgan fingerprint density at radius 3 is 2.88 bits per heavy atom. The highest BCUT2D eigenvalue weighted by molar-refractivity contribution is 5.53. The third-order valence-electron chi connectivity index (χ3n) is 5.71. The number of fused-ring (bicyclic) bond motifs is 1. The number of ether oxygens (including phenoxy) is 1. The summed E-state index contributed by atoms with van der Waals surface area (Å²) in [5.74, 6) is 2.15. The van der Waals surface area contributed by atoms with Crippen LogP contribution in [0.15, 0.2) is 24.4 Å². The smallest absolute Gasteiger partial charge is 0.138 e. The average molecular weight is 341 g/mol. The highest BCUT2D eigenvalue weighted by Crippen LogP contribution is 2.33. The maximum atomic E-state index is 5.51. The molecule has 2 aromatic rings. The van der Waals surface area contributed by atoms with Crippen LogP contribution < -0.4 is 10.2 Å². The molecule has 6 nitrogen and oxygen atoms in total. The molecule has 0 radical (unpaired) electrons. The number of nitrogens with zero attached hydrogens (tertiary/aromatic N) is 4. The first-order valence-corrected chi connectivity index (χ1v) is 9.64. The Balaban J connectivity index is 1.46. The van der Waals surface area contributed by atoms with Crippen LogP contribution in [0.4, 0.5) is 5.82 Å². The van der Waals surface area contributed by atoms with Crippen LogP contribution in [0.25, 0.3) is 5.65 Å². The highest BCUT2D eigenvalue weighted by Gasteiger charge is 2.31. The number of piperazine rings is 1. The van der Waals surface area contributed by atoms with Crippen molar-refractivity contribution in [2.45, 2.75) is 18.9 Å². The summed E-state index contributed by atoms with van der Waals surface area (Å²) in [6.45, 7) is 7.97. The summed E-state index contributed by atoms with van der Waals surface area (Å²) in [6.07, 6.45) is 5.07. The van der Waals surface area contributed by atoms with Crippen LogP contribution in [0.2, 0.25) is 0 Å². The maximum Gasteiger partial charge on any atom is 0.138 e. The Labute approximate surface area is 148 Å². The van der Waals surface area contributed by atoms with Gasteiger partial charge in [0.15, 0.2) is 0 Å². The van der Waals surface area contributed by atoms with Crippen LogP contribution in [0.3, 0.4) is 0 Å². The Bertz CT molecular complexity index is 734. The van der Waals surface area contributed by atoms with E-state index in [1.807, 2.05) is 0 Å². The minimum Gasteiger partial charge on any atom is -0.378 e. The van der Waals surface area contributed by atoms with E-state index in [-0.39, 0.29) is 0 Å². The van der Waals surface area contributed by atoms with Crippen LogP contribution in [0.5, 0.6) is 0 Å². The third-order valence-corrected chi connectivity index (χ3v) is 5.71. The quantitative estimate of drug-likeness (QED) is 0.914. The number of imidazole rings is 1. The molecule has 3 aliphatic rings. The van der Waals surface area contributed by atoms with Crippen molar-refractivity contribution in [2.75, 3.05) is 57.4 Å². The van der Waals surface area contributed by atoms with Crippen molar-refractivity contribution >= 4 is 11.5 Å². The minimum atomic E-state index is 0.395. The van der Waals surface area contributed by atoms with E-state index >= 15 is 0 Å². The van der Waals surface area contributed by atoms with Crippen LogP contribution in [0.1, 0.15) is 24.6 Å². The molecule has 1 saturated carbocycles. The molecule has 1 N–H and O–H groups in total. The molecule has 4 heterocycles. The lowest BCUT2D eigenvalue weighted by Crippen LogP contribution is -2.46. The first-order valence-electron chi connectivity index (χ1n) is 9.64. The fourth-order valence-electron chi connectivity index (χ4n) is 4.11. The van der Waals surface area contributed by atoms with Crippen molar-refractivity contribution in [1.29, 1.82) is 0 Å². The summed E-state index contributed by atoms with van der Waals surface area (Å²) >= 11 is 0. The maximum absolute atomic E-state index is 5.51. The summed E-state index contributed by atoms with van der Waals surface area (Å²) in [7, 11) is 0. The first kappa shape index (κ1) is 15.6. The zero-order valence-corrected chi connectivity index (χ0v) is 14.7. The summed E-state index contributed by atoms with van der Waals surface area (Å²) in [4.78, 5) is 10.0. The van der Waals surface area contributed by atoms with Crippen molar-refractivity contribution in [3.63, 3.8) is 0 Å². The van der Waals surface area contributed by atoms with Gasteiger partial charge in [-0.2, -0.15) is 0 Å². The molecule has 1 aliphatic carbocycles. The number of hydrogen-bond acceptors (Lipinski definition) is 5. The van der Waals surface area contributed by atoms with Gasteiger partial charge in [-0.15, -0.1) is 0 Å². The van der Waals surface area contributed by atoms with Gasteiger partial charge in [-0.05, 0) is 30.9 Å². The first-order chi connectivity index (χ1) is 12.4. The van der Waals surface area contributed by atoms with Crippen molar-refractivity contribution in [3.8, 4) is 0 Å². The molecule has 3 fully saturated rings. The predicted molar refractivity (Wildman–Crippen MR) is 98.1 cm³/mol. The zero-order valence-electron chi connectivity index (χ0n) is 14.7. The molecular weight excluding hydrogens is 314 g/mol. The summed E-state index contributed by atoms with van der Waals surface area (Å²) < 4.78 is 7.78. The Morgan fingerprint density at radius 1 is 1.16 bits per heavy atom. The summed E-state index contributed by atoms with van der Waals surface area (Å²) in [5.41, 5.74) is 2.25. The van der Waals surface area contributed by atoms with Gasteiger partial charge in [0, 0.05) is 45.5 Å². The fourth-order valence-corrected chi connectivity index (χ4v) is 4.11. The van der Waals surface area contributed by atoms with Gasteiger partial charge in [0.2, 0.25) is 0 Å². The van der Waals surface area contributed by atoms with Gasteiger partial charge in [-0.3, -0.25) is 9.30 Å². The van der Waals surface area contributed by atoms with Gasteiger partial charge in [0.25, 0.3) is 0 Å². The van der Waals surface area contributed by atoms with Crippen molar-refractivity contribution in [1.82, 2.24) is 19.6 Å². The zero-order chi connectivity index (χ0) is 16.6. The number of rotatable bonds is 4. The molecule has 0 bridgehead atoms. The Hall–Kier alpha value is -1.63. The molecule has 0 spiro atoms. The van der Waals surface area contributed by atoms with E-state index in [1.165, 1.54) is 30.9 Å². The molecule has 2 aromatic heterocycles. The van der Waals surface area contributed by atoms with E-state index in [9.17, 15) is 0 Å². The van der Waals surface area contributed by atoms with Gasteiger partial charge in [-0.1, -0.05) is 6.07 Å². The molecule has 1 unspecified atom stereocenters. The van der Waals surface area contributed by atoms with Crippen LogP contribution in [-0.2, 0) is 4.74 Å². The van der Waals surface area contributed by atoms with Crippen molar-refractivity contribution in [2.24, 2.45) is 5.92 Å². The highest BCUT2D eigenvalue weighted by atomic mass is 16.5. The number of anilines is 1. The number of pyridine rings is 1. The molecule has 25 heavy (non-hydrogen) atoms. The lowest BCUT2D eigenvalue weighted by Gasteiger charge is -2.35. The normalized spacial score (nSPS) is 25.6. The molecule has 6 heteroatoms. The molecule has 134 valence electrons. The molecule has 0 amide bonds. The minimum absolute atomic E-state index is 0.395. The van der Waals surface area contributed by atoms with Gasteiger partial charge >= 0.3 is 0 Å². The summed E-state index contributed by atoms with van der Waals surface area (Å²) in [6, 6.07) is 6.84. The van der Waals surface area contributed by atoms with E-state index in [1.54, 1.807) is 0 Å². The van der Waals surface area contributed by atoms with Crippen molar-refractivity contribution in [3.05, 3.63) is 30.1 Å². The van der Waals surface area contributed by atoms with Crippen LogP contribution >= 0.6 is 0 Å². The predicted octanol–water partition coefficient (Wildman–Crippen LogP) is 1.53. The number of nitrogens with one attached hydrogen (secondary N) is 1. The van der Waals surface area contributed by atoms with E-state index in [2.05, 4.69) is 43.9 Å². The van der Waals surface area contributed by atoms with Crippen molar-refractivity contribution < 1.29 is 4.74 Å². The molecular formula is C19H27N5O. The van der Waals surface area contributed by atoms with Gasteiger partial charge in [-0.25, -0.2) is 4.98 Å². The number of morpholine rings is 1. The molecule has 0 aromatic carbocycles. The fraction of sp³-hybridized carbons (Fsp3) is 0.632. The Kier molecular flexibility index (Phi) is 4.12. The largest absolute Gasteiger partial charge is 0.378 e. The third kappa shape index (κ3) is 3.14. The number of hydrogen-bond donors (Lipinski definition) is 1. The van der Waals surface area contributed by atoms with E-state index < -0.39 is 0 Å². The second-order valence-electron chi connectivity index (χ2n) is 7.54. The molecule has 2 saturated heterocycles. The lowest BCUT2D eigenvalue weighted by atomic mass is 10.1. The van der Waals surface area contributed by atoms with E-state index in [0.29, 0.717) is 6.04 Å². The van der Waals surface area contributed by atoms with Gasteiger partial charge in [0.05, 0.1) is 24.9 Å². The molecule has 5 rings (SSSR count). The monoisotopic (exact) mass is 341 g/mol. The lowest BCUT2D eigenvalue weighted by molar-refractivity contribution is 0.122. The van der Waals surface area contributed by atoms with Crippen LogP contribution in [-0.4, -0.2) is 66.8 Å². The van der Waals surface area contributed by atoms with E-state index in [4.69, 9.17) is 9.72 Å². The standard InChI is InChI=1S/C19H27N5O/c1-2-18-21-16(17-12-20-6-7-23(17)13-15-4-5-15)14-24(18)19(3-1)22-8-10-25-11-9-22/h1-3,14-15,17,20H,4-13H2. The van der Waals surface area contributed by atoms with E-state index in [0.717, 1.165) is 57.5 Å².